The zero-order chi connectivity index (χ0) is 42.9. The number of hydrogen-bond acceptors (Lipinski definition) is 10. The van der Waals surface area contributed by atoms with E-state index < -0.39 is 52.9 Å². The van der Waals surface area contributed by atoms with Crippen LogP contribution in [0.15, 0.2) is 94.4 Å². The number of allylic oxidation sites excluding steroid dienone is 8. The lowest BCUT2D eigenvalue weighted by molar-refractivity contribution is -0.437. The summed E-state index contributed by atoms with van der Waals surface area (Å²) in [4.78, 5) is 12.7. The van der Waals surface area contributed by atoms with Gasteiger partial charge in [-0.05, 0) is 81.5 Å². The van der Waals surface area contributed by atoms with Gasteiger partial charge in [0.1, 0.15) is 6.54 Å². The van der Waals surface area contributed by atoms with Crippen LogP contribution in [-0.4, -0.2) is 107 Å². The number of aliphatic carboxylic acids is 1. The van der Waals surface area contributed by atoms with Gasteiger partial charge in [0.05, 0.1) is 21.0 Å². The summed E-state index contributed by atoms with van der Waals surface area (Å²) in [7, 11) is -10.1. The number of nitrogens with zero attached hydrogens (tertiary/aromatic N) is 2. The van der Waals surface area contributed by atoms with Gasteiger partial charge in [-0.3, -0.25) is 18.5 Å². The molecule has 15 nitrogen and oxygen atoms in total. The van der Waals surface area contributed by atoms with Crippen molar-refractivity contribution in [2.24, 2.45) is 0 Å². The number of hydrogen-bond donors (Lipinski definition) is 4. The fraction of sp³-hybridized carbons (Fsp3) is 0.450. The number of carbonyl (C=O) groups is 1. The molecule has 2 aromatic rings. The third-order valence-corrected chi connectivity index (χ3v) is 13.1. The highest BCUT2D eigenvalue weighted by Crippen LogP contribution is 2.51. The lowest BCUT2D eigenvalue weighted by Crippen LogP contribution is -2.33. The van der Waals surface area contributed by atoms with Gasteiger partial charge in [-0.25, -0.2) is 0 Å². The minimum atomic E-state index is -4.53. The van der Waals surface area contributed by atoms with E-state index in [1.54, 1.807) is 44.6 Å². The Morgan fingerprint density at radius 2 is 1.34 bits per heavy atom. The van der Waals surface area contributed by atoms with Crippen molar-refractivity contribution in [3.8, 4) is 0 Å². The Kier molecular flexibility index (Phi) is 15.6. The molecule has 2 aromatic carbocycles. The fourth-order valence-electron chi connectivity index (χ4n) is 7.62. The second kappa shape index (κ2) is 19.4. The molecule has 0 fully saturated rings. The van der Waals surface area contributed by atoms with Gasteiger partial charge >= 0.3 is 5.97 Å². The molecule has 0 bridgehead atoms. The van der Waals surface area contributed by atoms with Crippen LogP contribution in [0.25, 0.3) is 0 Å². The summed E-state index contributed by atoms with van der Waals surface area (Å²) in [5, 5.41) is 9.08. The normalized spacial score (nSPS) is 20.7. The molecule has 2 unspecified atom stereocenters. The molecule has 0 spiro atoms. The monoisotopic (exact) mass is 865 g/mol. The van der Waals surface area contributed by atoms with Crippen molar-refractivity contribution in [1.82, 2.24) is 0 Å². The van der Waals surface area contributed by atoms with Crippen LogP contribution in [0.1, 0.15) is 69.9 Å². The predicted octanol–water partition coefficient (Wildman–Crippen LogP) is 5.86. The van der Waals surface area contributed by atoms with Crippen molar-refractivity contribution < 1.29 is 62.9 Å². The number of carboxylic acids is 1. The van der Waals surface area contributed by atoms with E-state index in [4.69, 9.17) is 14.6 Å². The molecule has 0 saturated heterocycles. The quantitative estimate of drug-likeness (QED) is 0.0471. The van der Waals surface area contributed by atoms with E-state index in [0.29, 0.717) is 68.7 Å². The summed E-state index contributed by atoms with van der Waals surface area (Å²) in [6, 6.07) is 8.78. The van der Waals surface area contributed by atoms with Crippen LogP contribution in [0.3, 0.4) is 0 Å². The van der Waals surface area contributed by atoms with E-state index in [0.717, 1.165) is 17.1 Å². The Morgan fingerprint density at radius 3 is 1.95 bits per heavy atom. The number of benzene rings is 2. The Balaban J connectivity index is 1.70. The maximum absolute atomic E-state index is 12.1. The molecule has 18 heteroatoms. The van der Waals surface area contributed by atoms with Gasteiger partial charge in [0.15, 0.2) is 5.71 Å². The average Bonchev–Trinajstić information content (AvgIpc) is 3.51. The number of fused-ring (bicyclic) bond motifs is 2. The SMILES string of the molecule is COCCC1(C)C(=CC=CC=CC=CC2=[N+](CCCS(=O)(=O)O)c3ccc(S(=O)(=O)O)cc3C2(C)CCOC)N(CCCCCC(=O)O)c2ccc(S(=O)(=O)O)cc21. The minimum absolute atomic E-state index is 0.0612. The number of methoxy groups -OCH3 is 2. The van der Waals surface area contributed by atoms with Crippen LogP contribution < -0.4 is 4.90 Å². The first-order valence-electron chi connectivity index (χ1n) is 18.7. The maximum atomic E-state index is 12.1. The second-order valence-electron chi connectivity index (χ2n) is 14.7. The van der Waals surface area contributed by atoms with E-state index in [-0.39, 0.29) is 29.2 Å². The van der Waals surface area contributed by atoms with Crippen LogP contribution in [0, 0.1) is 0 Å². The van der Waals surface area contributed by atoms with Crippen LogP contribution in [-0.2, 0) is 55.5 Å². The van der Waals surface area contributed by atoms with E-state index in [1.807, 2.05) is 42.7 Å². The lowest BCUT2D eigenvalue weighted by Gasteiger charge is -2.30. The van der Waals surface area contributed by atoms with Crippen LogP contribution in [0.4, 0.5) is 11.4 Å². The summed E-state index contributed by atoms with van der Waals surface area (Å²) < 4.78 is 113. The van der Waals surface area contributed by atoms with Gasteiger partial charge < -0.3 is 19.5 Å². The zero-order valence-electron chi connectivity index (χ0n) is 33.1. The summed E-state index contributed by atoms with van der Waals surface area (Å²) in [6.07, 6.45) is 15.7. The van der Waals surface area contributed by atoms with E-state index in [1.165, 1.54) is 24.3 Å². The van der Waals surface area contributed by atoms with Crippen molar-refractivity contribution >= 4 is 53.4 Å². The molecule has 2 atom stereocenters. The van der Waals surface area contributed by atoms with Gasteiger partial charge in [0, 0.05) is 81.3 Å². The number of anilines is 1. The Hall–Kier alpha value is -4.01. The van der Waals surface area contributed by atoms with Crippen molar-refractivity contribution in [3.05, 3.63) is 95.8 Å². The number of unbranched alkanes of at least 4 members (excludes halogenated alkanes) is 2. The van der Waals surface area contributed by atoms with Gasteiger partial charge in [0.2, 0.25) is 5.69 Å². The molecule has 0 aromatic heterocycles. The van der Waals surface area contributed by atoms with Gasteiger partial charge in [-0.1, -0.05) is 36.8 Å². The summed E-state index contributed by atoms with van der Waals surface area (Å²) in [5.74, 6) is -1.34. The van der Waals surface area contributed by atoms with Crippen molar-refractivity contribution in [3.63, 3.8) is 0 Å². The predicted molar refractivity (Wildman–Crippen MR) is 220 cm³/mol. The highest BCUT2D eigenvalue weighted by atomic mass is 32.2. The average molecular weight is 866 g/mol. The molecule has 0 amide bonds. The molecule has 58 heavy (non-hydrogen) atoms. The van der Waals surface area contributed by atoms with E-state index in [2.05, 4.69) is 4.90 Å². The molecular formula is C40H53N2O13S3+. The first kappa shape index (κ1) is 46.7. The van der Waals surface area contributed by atoms with Gasteiger partial charge in [-0.2, -0.15) is 29.8 Å². The molecule has 2 aliphatic rings. The highest BCUT2D eigenvalue weighted by molar-refractivity contribution is 7.86. The molecule has 4 rings (SSSR count). The maximum Gasteiger partial charge on any atom is 0.303 e. The smallest absolute Gasteiger partial charge is 0.303 e. The first-order valence-corrected chi connectivity index (χ1v) is 23.2. The lowest BCUT2D eigenvalue weighted by atomic mass is 9.76. The first-order chi connectivity index (χ1) is 27.2. The topological polar surface area (TPSA) is 225 Å². The largest absolute Gasteiger partial charge is 0.481 e. The molecule has 0 aliphatic carbocycles. The Morgan fingerprint density at radius 1 is 0.759 bits per heavy atom. The molecule has 2 aliphatic heterocycles. The Bertz CT molecular complexity index is 2330. The molecule has 0 radical (unpaired) electrons. The summed E-state index contributed by atoms with van der Waals surface area (Å²) in [6.45, 7) is 5.28. The highest BCUT2D eigenvalue weighted by Gasteiger charge is 2.48. The number of rotatable bonds is 22. The van der Waals surface area contributed by atoms with Crippen LogP contribution in [0.2, 0.25) is 0 Å². The van der Waals surface area contributed by atoms with Crippen LogP contribution in [0.5, 0.6) is 0 Å². The number of carboxylic acid groups (broad SMARTS) is 1. The van der Waals surface area contributed by atoms with E-state index >= 15 is 0 Å². The minimum Gasteiger partial charge on any atom is -0.481 e. The third kappa shape index (κ3) is 11.4. The van der Waals surface area contributed by atoms with Crippen molar-refractivity contribution in [1.29, 1.82) is 0 Å². The van der Waals surface area contributed by atoms with E-state index in [9.17, 15) is 43.7 Å². The number of ether oxygens (including phenoxy) is 2. The second-order valence-corrected chi connectivity index (χ2v) is 19.1. The van der Waals surface area contributed by atoms with Crippen LogP contribution >= 0.6 is 0 Å². The molecular weight excluding hydrogens is 813 g/mol. The summed E-state index contributed by atoms with van der Waals surface area (Å²) in [5.41, 5.74) is 2.77. The fourth-order valence-corrected chi connectivity index (χ4v) is 9.13. The Labute approximate surface area is 341 Å². The van der Waals surface area contributed by atoms with Crippen molar-refractivity contribution in [2.75, 3.05) is 51.2 Å². The van der Waals surface area contributed by atoms with Gasteiger partial charge in [-0.15, -0.1) is 0 Å². The summed E-state index contributed by atoms with van der Waals surface area (Å²) >= 11 is 0. The zero-order valence-corrected chi connectivity index (χ0v) is 35.5. The van der Waals surface area contributed by atoms with Gasteiger partial charge in [0.25, 0.3) is 30.4 Å². The molecule has 4 N–H and O–H groups in total. The van der Waals surface area contributed by atoms with Crippen molar-refractivity contribution in [2.45, 2.75) is 79.4 Å². The molecule has 0 saturated carbocycles. The standard InChI is InChI=1S/C40H52N2O13S3/c1-39(21-25-54-3)32-28-30(57(48,49)50)17-19-34(32)41(23-12-8-11-16-38(43)44)36(39)14-9-6-5-7-10-15-37-40(2,22-26-55-4)33-29-31(58(51,52)53)18-20-35(33)42(37)24-13-27-56(45,46)47/h5-7,9-10,14-15,17-20,28-29H,8,11-13,16,21-27H2,1-4H3,(H3-,43,44,45,46,47,48,49,50,51,52,53)/p+1. The third-order valence-electron chi connectivity index (χ3n) is 10.6. The molecule has 2 heterocycles. The molecule has 318 valence electrons.